The fourth-order valence-corrected chi connectivity index (χ4v) is 2.62. The summed E-state index contributed by atoms with van der Waals surface area (Å²) in [5, 5.41) is 4.84. The van der Waals surface area contributed by atoms with E-state index in [-0.39, 0.29) is 5.91 Å². The zero-order chi connectivity index (χ0) is 13.8. The van der Waals surface area contributed by atoms with Crippen molar-refractivity contribution in [3.8, 4) is 5.75 Å². The minimum atomic E-state index is -0.0160. The molecule has 0 bridgehead atoms. The second-order valence-corrected chi connectivity index (χ2v) is 5.45. The van der Waals surface area contributed by atoms with Crippen molar-refractivity contribution in [2.75, 3.05) is 7.11 Å². The van der Waals surface area contributed by atoms with E-state index in [1.807, 2.05) is 43.5 Å². The van der Waals surface area contributed by atoms with Crippen LogP contribution in [-0.4, -0.2) is 13.0 Å². The van der Waals surface area contributed by atoms with Crippen molar-refractivity contribution in [2.24, 2.45) is 0 Å². The average molecular weight is 275 g/mol. The lowest BCUT2D eigenvalue weighted by Crippen LogP contribution is -2.22. The lowest BCUT2D eigenvalue weighted by Gasteiger charge is -2.06. The van der Waals surface area contributed by atoms with E-state index in [2.05, 4.69) is 5.32 Å². The molecule has 1 N–H and O–H groups in total. The Bertz CT molecular complexity index is 572. The summed E-state index contributed by atoms with van der Waals surface area (Å²) in [7, 11) is 1.64. The SMILES string of the molecule is COc1ccc(CNC(=O)c2csc(C)c2C)cc1. The van der Waals surface area contributed by atoms with Crippen LogP contribution in [0.3, 0.4) is 0 Å². The van der Waals surface area contributed by atoms with Crippen LogP contribution < -0.4 is 10.1 Å². The number of benzene rings is 1. The number of carbonyl (C=O) groups is 1. The summed E-state index contributed by atoms with van der Waals surface area (Å²) in [6.07, 6.45) is 0. The fourth-order valence-electron chi connectivity index (χ4n) is 1.76. The first-order valence-electron chi connectivity index (χ1n) is 6.07. The van der Waals surface area contributed by atoms with Crippen molar-refractivity contribution in [3.63, 3.8) is 0 Å². The van der Waals surface area contributed by atoms with Gasteiger partial charge < -0.3 is 10.1 Å². The minimum absolute atomic E-state index is 0.0160. The highest BCUT2D eigenvalue weighted by Gasteiger charge is 2.11. The Hall–Kier alpha value is -1.81. The van der Waals surface area contributed by atoms with Gasteiger partial charge in [-0.2, -0.15) is 0 Å². The number of amides is 1. The van der Waals surface area contributed by atoms with Crippen molar-refractivity contribution in [1.82, 2.24) is 5.32 Å². The molecule has 1 aromatic carbocycles. The Morgan fingerprint density at radius 2 is 1.95 bits per heavy atom. The van der Waals surface area contributed by atoms with E-state index in [4.69, 9.17) is 4.74 Å². The number of aryl methyl sites for hydroxylation is 1. The van der Waals surface area contributed by atoms with Gasteiger partial charge in [-0.15, -0.1) is 11.3 Å². The molecule has 0 aliphatic rings. The van der Waals surface area contributed by atoms with Crippen LogP contribution in [0.5, 0.6) is 5.75 Å². The Kier molecular flexibility index (Phi) is 4.22. The molecule has 19 heavy (non-hydrogen) atoms. The molecule has 100 valence electrons. The lowest BCUT2D eigenvalue weighted by atomic mass is 10.1. The number of methoxy groups -OCH3 is 1. The monoisotopic (exact) mass is 275 g/mol. The van der Waals surface area contributed by atoms with E-state index < -0.39 is 0 Å². The number of carbonyl (C=O) groups excluding carboxylic acids is 1. The third kappa shape index (κ3) is 3.15. The minimum Gasteiger partial charge on any atom is -0.497 e. The summed E-state index contributed by atoms with van der Waals surface area (Å²) >= 11 is 1.61. The molecule has 0 aliphatic carbocycles. The van der Waals surface area contributed by atoms with Crippen LogP contribution in [0.2, 0.25) is 0 Å². The highest BCUT2D eigenvalue weighted by atomic mass is 32.1. The van der Waals surface area contributed by atoms with E-state index in [9.17, 15) is 4.79 Å². The highest BCUT2D eigenvalue weighted by molar-refractivity contribution is 7.10. The molecule has 0 saturated carbocycles. The van der Waals surface area contributed by atoms with Gasteiger partial charge >= 0.3 is 0 Å². The Labute approximate surface area is 117 Å². The number of thiophene rings is 1. The van der Waals surface area contributed by atoms with Gasteiger partial charge in [-0.3, -0.25) is 4.79 Å². The molecule has 1 heterocycles. The summed E-state index contributed by atoms with van der Waals surface area (Å²) in [5.41, 5.74) is 2.90. The second kappa shape index (κ2) is 5.89. The molecule has 1 amide bonds. The zero-order valence-corrected chi connectivity index (χ0v) is 12.1. The molecule has 4 heteroatoms. The van der Waals surface area contributed by atoms with Crippen molar-refractivity contribution in [2.45, 2.75) is 20.4 Å². The summed E-state index contributed by atoms with van der Waals surface area (Å²) in [4.78, 5) is 13.2. The standard InChI is InChI=1S/C15H17NO2S/c1-10-11(2)19-9-14(10)15(17)16-8-12-4-6-13(18-3)7-5-12/h4-7,9H,8H2,1-3H3,(H,16,17). The molecule has 0 aliphatic heterocycles. The van der Waals surface area contributed by atoms with Gasteiger partial charge in [-0.1, -0.05) is 12.1 Å². The predicted molar refractivity (Wildman–Crippen MR) is 78.0 cm³/mol. The number of ether oxygens (including phenoxy) is 1. The Morgan fingerprint density at radius 1 is 1.26 bits per heavy atom. The van der Waals surface area contributed by atoms with Crippen molar-refractivity contribution in [1.29, 1.82) is 0 Å². The first-order valence-corrected chi connectivity index (χ1v) is 6.95. The average Bonchev–Trinajstić information content (AvgIpc) is 2.77. The predicted octanol–water partition coefficient (Wildman–Crippen LogP) is 3.30. The molecule has 0 radical (unpaired) electrons. The van der Waals surface area contributed by atoms with Crippen LogP contribution in [0.4, 0.5) is 0 Å². The van der Waals surface area contributed by atoms with Crippen molar-refractivity contribution >= 4 is 17.2 Å². The molecule has 0 fully saturated rings. The number of hydrogen-bond acceptors (Lipinski definition) is 3. The van der Waals surface area contributed by atoms with Crippen LogP contribution in [0.15, 0.2) is 29.6 Å². The molecule has 2 rings (SSSR count). The molecular weight excluding hydrogens is 258 g/mol. The topological polar surface area (TPSA) is 38.3 Å². The van der Waals surface area contributed by atoms with E-state index in [0.29, 0.717) is 6.54 Å². The summed E-state index contributed by atoms with van der Waals surface area (Å²) in [6, 6.07) is 7.68. The van der Waals surface area contributed by atoms with Gasteiger partial charge in [-0.05, 0) is 37.1 Å². The van der Waals surface area contributed by atoms with Crippen molar-refractivity contribution in [3.05, 3.63) is 51.2 Å². The summed E-state index contributed by atoms with van der Waals surface area (Å²) < 4.78 is 5.10. The molecule has 1 aromatic heterocycles. The quantitative estimate of drug-likeness (QED) is 0.929. The van der Waals surface area contributed by atoms with Gasteiger partial charge in [0.05, 0.1) is 12.7 Å². The highest BCUT2D eigenvalue weighted by Crippen LogP contribution is 2.20. The fraction of sp³-hybridized carbons (Fsp3) is 0.267. The van der Waals surface area contributed by atoms with Crippen molar-refractivity contribution < 1.29 is 9.53 Å². The Balaban J connectivity index is 1.98. The molecular formula is C15H17NO2S. The van der Waals surface area contributed by atoms with Gasteiger partial charge in [0.25, 0.3) is 5.91 Å². The van der Waals surface area contributed by atoms with Crippen LogP contribution in [0, 0.1) is 13.8 Å². The number of rotatable bonds is 4. The van der Waals surface area contributed by atoms with E-state index in [1.165, 1.54) is 4.88 Å². The number of hydrogen-bond donors (Lipinski definition) is 1. The normalized spacial score (nSPS) is 10.3. The number of nitrogens with one attached hydrogen (secondary N) is 1. The lowest BCUT2D eigenvalue weighted by molar-refractivity contribution is 0.0950. The van der Waals surface area contributed by atoms with Gasteiger partial charge in [0.1, 0.15) is 5.75 Å². The maximum Gasteiger partial charge on any atom is 0.252 e. The van der Waals surface area contributed by atoms with E-state index in [0.717, 1.165) is 22.4 Å². The summed E-state index contributed by atoms with van der Waals surface area (Å²) in [5.74, 6) is 0.803. The van der Waals surface area contributed by atoms with Crippen LogP contribution in [0.25, 0.3) is 0 Å². The van der Waals surface area contributed by atoms with Crippen LogP contribution in [-0.2, 0) is 6.54 Å². The van der Waals surface area contributed by atoms with Gasteiger partial charge in [-0.25, -0.2) is 0 Å². The van der Waals surface area contributed by atoms with Gasteiger partial charge in [0, 0.05) is 16.8 Å². The van der Waals surface area contributed by atoms with Gasteiger partial charge in [0.2, 0.25) is 0 Å². The first-order chi connectivity index (χ1) is 9.11. The Morgan fingerprint density at radius 3 is 2.47 bits per heavy atom. The molecule has 2 aromatic rings. The summed E-state index contributed by atoms with van der Waals surface area (Å²) in [6.45, 7) is 4.53. The largest absolute Gasteiger partial charge is 0.497 e. The van der Waals surface area contributed by atoms with Crippen LogP contribution >= 0.6 is 11.3 Å². The third-order valence-corrected chi connectivity index (χ3v) is 4.16. The maximum atomic E-state index is 12.0. The second-order valence-electron chi connectivity index (χ2n) is 4.36. The first kappa shape index (κ1) is 13.6. The smallest absolute Gasteiger partial charge is 0.252 e. The molecule has 0 atom stereocenters. The molecule has 0 spiro atoms. The third-order valence-electron chi connectivity index (χ3n) is 3.14. The maximum absolute atomic E-state index is 12.0. The van der Waals surface area contributed by atoms with E-state index in [1.54, 1.807) is 18.4 Å². The zero-order valence-electron chi connectivity index (χ0n) is 11.3. The van der Waals surface area contributed by atoms with Crippen LogP contribution in [0.1, 0.15) is 26.4 Å². The van der Waals surface area contributed by atoms with E-state index >= 15 is 0 Å². The molecule has 0 unspecified atom stereocenters. The molecule has 3 nitrogen and oxygen atoms in total. The molecule has 0 saturated heterocycles. The van der Waals surface area contributed by atoms with Gasteiger partial charge in [0.15, 0.2) is 0 Å².